The molecule has 0 aliphatic rings. The summed E-state index contributed by atoms with van der Waals surface area (Å²) in [6.07, 6.45) is 3.45. The maximum atomic E-state index is 11.9. The number of aliphatic hydroxyl groups is 1. The van der Waals surface area contributed by atoms with Crippen LogP contribution in [-0.2, 0) is 6.42 Å². The molecule has 4 heteroatoms. The molecule has 19 heavy (non-hydrogen) atoms. The summed E-state index contributed by atoms with van der Waals surface area (Å²) in [5.41, 5.74) is 2.09. The Labute approximate surface area is 115 Å². The van der Waals surface area contributed by atoms with Gasteiger partial charge in [-0.1, -0.05) is 25.5 Å². The molecule has 0 atom stereocenters. The molecule has 0 saturated carbocycles. The standard InChI is InChI=1S/C15H24N2O2/c1-3-5-6-13-7-9-14(10-8-13)16-15(19)17(4-2)11-12-18/h7-10,18H,3-6,11-12H2,1-2H3,(H,16,19). The van der Waals surface area contributed by atoms with Gasteiger partial charge in [0.15, 0.2) is 0 Å². The Morgan fingerprint density at radius 1 is 1.26 bits per heavy atom. The molecule has 1 aromatic rings. The van der Waals surface area contributed by atoms with Crippen molar-refractivity contribution in [2.45, 2.75) is 33.1 Å². The summed E-state index contributed by atoms with van der Waals surface area (Å²) in [5.74, 6) is 0. The van der Waals surface area contributed by atoms with Gasteiger partial charge < -0.3 is 15.3 Å². The lowest BCUT2D eigenvalue weighted by molar-refractivity contribution is 0.192. The number of carbonyl (C=O) groups excluding carboxylic acids is 1. The number of nitrogens with one attached hydrogen (secondary N) is 1. The summed E-state index contributed by atoms with van der Waals surface area (Å²) in [6, 6.07) is 7.78. The third-order valence-electron chi connectivity index (χ3n) is 3.06. The molecule has 0 aromatic heterocycles. The number of urea groups is 1. The van der Waals surface area contributed by atoms with E-state index in [4.69, 9.17) is 5.11 Å². The number of rotatable bonds is 7. The highest BCUT2D eigenvalue weighted by molar-refractivity contribution is 5.89. The number of aliphatic hydroxyl groups excluding tert-OH is 1. The van der Waals surface area contributed by atoms with E-state index in [-0.39, 0.29) is 12.6 Å². The molecule has 1 rings (SSSR count). The van der Waals surface area contributed by atoms with Crippen molar-refractivity contribution in [1.29, 1.82) is 0 Å². The summed E-state index contributed by atoms with van der Waals surface area (Å²) in [4.78, 5) is 13.5. The largest absolute Gasteiger partial charge is 0.395 e. The Kier molecular flexibility index (Phi) is 6.97. The predicted molar refractivity (Wildman–Crippen MR) is 78.4 cm³/mol. The van der Waals surface area contributed by atoms with Crippen LogP contribution in [0.25, 0.3) is 0 Å². The Morgan fingerprint density at radius 2 is 1.95 bits per heavy atom. The number of amides is 2. The van der Waals surface area contributed by atoms with Gasteiger partial charge in [0.05, 0.1) is 6.61 Å². The number of aryl methyl sites for hydroxylation is 1. The van der Waals surface area contributed by atoms with Crippen molar-refractivity contribution in [3.63, 3.8) is 0 Å². The van der Waals surface area contributed by atoms with Crippen molar-refractivity contribution in [1.82, 2.24) is 4.90 Å². The van der Waals surface area contributed by atoms with Crippen LogP contribution in [0.4, 0.5) is 10.5 Å². The van der Waals surface area contributed by atoms with Crippen LogP contribution in [0.15, 0.2) is 24.3 Å². The Morgan fingerprint density at radius 3 is 2.47 bits per heavy atom. The quantitative estimate of drug-likeness (QED) is 0.795. The molecule has 0 spiro atoms. The number of nitrogens with zero attached hydrogens (tertiary/aromatic N) is 1. The zero-order valence-electron chi connectivity index (χ0n) is 11.9. The minimum absolute atomic E-state index is 0.0167. The average molecular weight is 264 g/mol. The van der Waals surface area contributed by atoms with E-state index in [0.29, 0.717) is 13.1 Å². The van der Waals surface area contributed by atoms with Crippen LogP contribution in [-0.4, -0.2) is 35.7 Å². The zero-order chi connectivity index (χ0) is 14.1. The topological polar surface area (TPSA) is 52.6 Å². The highest BCUT2D eigenvalue weighted by atomic mass is 16.3. The van der Waals surface area contributed by atoms with Crippen LogP contribution in [0.5, 0.6) is 0 Å². The summed E-state index contributed by atoms with van der Waals surface area (Å²) in [7, 11) is 0. The molecule has 0 saturated heterocycles. The van der Waals surface area contributed by atoms with Crippen LogP contribution in [0.3, 0.4) is 0 Å². The minimum atomic E-state index is -0.169. The molecular weight excluding hydrogens is 240 g/mol. The molecule has 2 amide bonds. The van der Waals surface area contributed by atoms with Crippen LogP contribution in [0, 0.1) is 0 Å². The van der Waals surface area contributed by atoms with Gasteiger partial charge in [-0.2, -0.15) is 0 Å². The molecule has 1 aromatic carbocycles. The molecule has 2 N–H and O–H groups in total. The Balaban J connectivity index is 2.54. The van der Waals surface area contributed by atoms with E-state index in [2.05, 4.69) is 12.2 Å². The van der Waals surface area contributed by atoms with Crippen molar-refractivity contribution in [2.24, 2.45) is 0 Å². The first-order valence-electron chi connectivity index (χ1n) is 6.97. The fourth-order valence-electron chi connectivity index (χ4n) is 1.86. The summed E-state index contributed by atoms with van der Waals surface area (Å²) < 4.78 is 0. The lowest BCUT2D eigenvalue weighted by atomic mass is 10.1. The van der Waals surface area contributed by atoms with Gasteiger partial charge in [-0.3, -0.25) is 0 Å². The van der Waals surface area contributed by atoms with Crippen molar-refractivity contribution >= 4 is 11.7 Å². The molecule has 0 unspecified atom stereocenters. The first kappa shape index (κ1) is 15.5. The number of carbonyl (C=O) groups is 1. The van der Waals surface area contributed by atoms with Gasteiger partial charge in [0.2, 0.25) is 0 Å². The summed E-state index contributed by atoms with van der Waals surface area (Å²) in [6.45, 7) is 4.99. The number of anilines is 1. The SMILES string of the molecule is CCCCc1ccc(NC(=O)N(CC)CCO)cc1. The number of hydrogen-bond donors (Lipinski definition) is 2. The van der Waals surface area contributed by atoms with Gasteiger partial charge in [-0.05, 0) is 37.5 Å². The maximum absolute atomic E-state index is 11.9. The van der Waals surface area contributed by atoms with Gasteiger partial charge in [-0.25, -0.2) is 4.79 Å². The first-order chi connectivity index (χ1) is 9.21. The molecular formula is C15H24N2O2. The number of hydrogen-bond acceptors (Lipinski definition) is 2. The van der Waals surface area contributed by atoms with E-state index in [1.165, 1.54) is 18.4 Å². The van der Waals surface area contributed by atoms with E-state index in [1.54, 1.807) is 4.90 Å². The molecule has 0 radical (unpaired) electrons. The molecule has 4 nitrogen and oxygen atoms in total. The third kappa shape index (κ3) is 5.30. The maximum Gasteiger partial charge on any atom is 0.321 e. The normalized spacial score (nSPS) is 10.3. The van der Waals surface area contributed by atoms with Crippen LogP contribution >= 0.6 is 0 Å². The number of unbranched alkanes of at least 4 members (excludes halogenated alkanes) is 1. The van der Waals surface area contributed by atoms with Crippen LogP contribution < -0.4 is 5.32 Å². The van der Waals surface area contributed by atoms with E-state index in [1.807, 2.05) is 31.2 Å². The highest BCUT2D eigenvalue weighted by Crippen LogP contribution is 2.12. The highest BCUT2D eigenvalue weighted by Gasteiger charge is 2.10. The monoisotopic (exact) mass is 264 g/mol. The minimum Gasteiger partial charge on any atom is -0.395 e. The smallest absolute Gasteiger partial charge is 0.321 e. The third-order valence-corrected chi connectivity index (χ3v) is 3.06. The molecule has 0 heterocycles. The fourth-order valence-corrected chi connectivity index (χ4v) is 1.86. The van der Waals surface area contributed by atoms with E-state index in [9.17, 15) is 4.79 Å². The lowest BCUT2D eigenvalue weighted by Gasteiger charge is -2.20. The second kappa shape index (κ2) is 8.53. The zero-order valence-corrected chi connectivity index (χ0v) is 11.9. The molecule has 0 aliphatic carbocycles. The van der Waals surface area contributed by atoms with Crippen LogP contribution in [0.1, 0.15) is 32.3 Å². The fraction of sp³-hybridized carbons (Fsp3) is 0.533. The van der Waals surface area contributed by atoms with Crippen LogP contribution in [0.2, 0.25) is 0 Å². The molecule has 106 valence electrons. The van der Waals surface area contributed by atoms with E-state index < -0.39 is 0 Å². The van der Waals surface area contributed by atoms with Crippen molar-refractivity contribution < 1.29 is 9.90 Å². The summed E-state index contributed by atoms with van der Waals surface area (Å²) in [5, 5.41) is 11.7. The average Bonchev–Trinajstić information content (AvgIpc) is 2.43. The van der Waals surface area contributed by atoms with E-state index in [0.717, 1.165) is 12.1 Å². The van der Waals surface area contributed by atoms with Gasteiger partial charge >= 0.3 is 6.03 Å². The lowest BCUT2D eigenvalue weighted by Crippen LogP contribution is -2.36. The van der Waals surface area contributed by atoms with Gasteiger partial charge in [0.1, 0.15) is 0 Å². The number of likely N-dealkylation sites (N-methyl/N-ethyl adjacent to an activating group) is 1. The van der Waals surface area contributed by atoms with Gasteiger partial charge in [-0.15, -0.1) is 0 Å². The second-order valence-corrected chi connectivity index (χ2v) is 4.53. The first-order valence-corrected chi connectivity index (χ1v) is 6.97. The Bertz CT molecular complexity index is 376. The molecule has 0 fully saturated rings. The molecule has 0 aliphatic heterocycles. The Hall–Kier alpha value is -1.55. The van der Waals surface area contributed by atoms with Gasteiger partial charge in [0, 0.05) is 18.8 Å². The van der Waals surface area contributed by atoms with Crippen molar-refractivity contribution in [3.05, 3.63) is 29.8 Å². The second-order valence-electron chi connectivity index (χ2n) is 4.53. The van der Waals surface area contributed by atoms with Gasteiger partial charge in [0.25, 0.3) is 0 Å². The van der Waals surface area contributed by atoms with Crippen molar-refractivity contribution in [3.8, 4) is 0 Å². The predicted octanol–water partition coefficient (Wildman–Crippen LogP) is 2.88. The van der Waals surface area contributed by atoms with Crippen molar-refractivity contribution in [2.75, 3.05) is 25.0 Å². The summed E-state index contributed by atoms with van der Waals surface area (Å²) >= 11 is 0. The number of benzene rings is 1. The van der Waals surface area contributed by atoms with E-state index >= 15 is 0 Å². The molecule has 0 bridgehead atoms.